The van der Waals surface area contributed by atoms with Gasteiger partial charge in [0.1, 0.15) is 0 Å². The number of carbonyl (C=O) groups is 1. The van der Waals surface area contributed by atoms with Crippen LogP contribution in [0.3, 0.4) is 0 Å². The normalized spacial score (nSPS) is 10.9. The lowest BCUT2D eigenvalue weighted by Crippen LogP contribution is -2.03. The monoisotopic (exact) mass is 244 g/mol. The standard InChI is InChI=1S/C13H12N2O3/c1-9-2-4-11-6-10(3-5-12(11)15-9)7-14-18-8-13(16)17/h2-7H,8H2,1H3,(H,16,17)/b14-7+. The number of pyridine rings is 1. The second-order valence-electron chi connectivity index (χ2n) is 3.81. The number of hydrogen-bond acceptors (Lipinski definition) is 4. The Hall–Kier alpha value is -2.43. The molecule has 18 heavy (non-hydrogen) atoms. The predicted octanol–water partition coefficient (Wildman–Crippen LogP) is 1.98. The van der Waals surface area contributed by atoms with Crippen molar-refractivity contribution in [2.24, 2.45) is 5.16 Å². The van der Waals surface area contributed by atoms with Crippen LogP contribution in [0, 0.1) is 6.92 Å². The van der Waals surface area contributed by atoms with Gasteiger partial charge in [0, 0.05) is 11.1 Å². The molecule has 1 aromatic carbocycles. The summed E-state index contributed by atoms with van der Waals surface area (Å²) >= 11 is 0. The average molecular weight is 244 g/mol. The Kier molecular flexibility index (Phi) is 3.52. The highest BCUT2D eigenvalue weighted by molar-refractivity contribution is 5.88. The van der Waals surface area contributed by atoms with Crippen LogP contribution in [-0.2, 0) is 9.63 Å². The van der Waals surface area contributed by atoms with E-state index in [4.69, 9.17) is 5.11 Å². The van der Waals surface area contributed by atoms with Crippen molar-refractivity contribution >= 4 is 23.1 Å². The second-order valence-corrected chi connectivity index (χ2v) is 3.81. The summed E-state index contributed by atoms with van der Waals surface area (Å²) in [6.45, 7) is 1.50. The maximum atomic E-state index is 10.2. The quantitative estimate of drug-likeness (QED) is 0.659. The minimum atomic E-state index is -1.05. The van der Waals surface area contributed by atoms with E-state index in [0.29, 0.717) is 0 Å². The molecule has 1 N–H and O–H groups in total. The Labute approximate surface area is 104 Å². The molecule has 1 heterocycles. The Balaban J connectivity index is 2.15. The topological polar surface area (TPSA) is 71.8 Å². The van der Waals surface area contributed by atoms with Gasteiger partial charge in [0.15, 0.2) is 0 Å². The average Bonchev–Trinajstić information content (AvgIpc) is 2.34. The van der Waals surface area contributed by atoms with E-state index in [0.717, 1.165) is 22.2 Å². The third-order valence-electron chi connectivity index (χ3n) is 2.32. The maximum absolute atomic E-state index is 10.2. The zero-order valence-electron chi connectivity index (χ0n) is 9.83. The summed E-state index contributed by atoms with van der Waals surface area (Å²) in [5.41, 5.74) is 2.71. The molecule has 0 atom stereocenters. The summed E-state index contributed by atoms with van der Waals surface area (Å²) in [6.07, 6.45) is 1.47. The van der Waals surface area contributed by atoms with Crippen LogP contribution in [0.1, 0.15) is 11.3 Å². The fourth-order valence-corrected chi connectivity index (χ4v) is 1.52. The highest BCUT2D eigenvalue weighted by Gasteiger charge is 1.97. The summed E-state index contributed by atoms with van der Waals surface area (Å²) in [5, 5.41) is 13.0. The van der Waals surface area contributed by atoms with Crippen molar-refractivity contribution in [3.05, 3.63) is 41.6 Å². The molecule has 5 heteroatoms. The minimum Gasteiger partial charge on any atom is -0.479 e. The van der Waals surface area contributed by atoms with Crippen LogP contribution in [0.2, 0.25) is 0 Å². The van der Waals surface area contributed by atoms with E-state index in [9.17, 15) is 4.79 Å². The van der Waals surface area contributed by atoms with Crippen LogP contribution >= 0.6 is 0 Å². The van der Waals surface area contributed by atoms with Crippen molar-refractivity contribution in [1.82, 2.24) is 4.98 Å². The molecule has 0 unspecified atom stereocenters. The number of benzene rings is 1. The van der Waals surface area contributed by atoms with Crippen LogP contribution in [0.5, 0.6) is 0 Å². The first-order chi connectivity index (χ1) is 8.65. The number of aromatic nitrogens is 1. The van der Waals surface area contributed by atoms with Gasteiger partial charge in [-0.2, -0.15) is 0 Å². The molecule has 92 valence electrons. The van der Waals surface area contributed by atoms with E-state index in [1.54, 1.807) is 0 Å². The molecular formula is C13H12N2O3. The maximum Gasteiger partial charge on any atom is 0.344 e. The molecule has 0 radical (unpaired) electrons. The van der Waals surface area contributed by atoms with Gasteiger partial charge in [-0.3, -0.25) is 4.98 Å². The summed E-state index contributed by atoms with van der Waals surface area (Å²) in [7, 11) is 0. The van der Waals surface area contributed by atoms with E-state index < -0.39 is 12.6 Å². The van der Waals surface area contributed by atoms with Gasteiger partial charge >= 0.3 is 5.97 Å². The van der Waals surface area contributed by atoms with E-state index in [2.05, 4.69) is 15.0 Å². The van der Waals surface area contributed by atoms with Crippen LogP contribution in [0.4, 0.5) is 0 Å². The van der Waals surface area contributed by atoms with Gasteiger partial charge in [-0.05, 0) is 30.7 Å². The van der Waals surface area contributed by atoms with Crippen molar-refractivity contribution < 1.29 is 14.7 Å². The number of carboxylic acid groups (broad SMARTS) is 1. The predicted molar refractivity (Wildman–Crippen MR) is 67.7 cm³/mol. The van der Waals surface area contributed by atoms with E-state index in [1.165, 1.54) is 6.21 Å². The van der Waals surface area contributed by atoms with Crippen molar-refractivity contribution in [2.45, 2.75) is 6.92 Å². The first-order valence-electron chi connectivity index (χ1n) is 5.40. The molecule has 0 fully saturated rings. The van der Waals surface area contributed by atoms with Gasteiger partial charge in [-0.15, -0.1) is 0 Å². The van der Waals surface area contributed by atoms with Crippen LogP contribution in [-0.4, -0.2) is 28.9 Å². The van der Waals surface area contributed by atoms with Crippen LogP contribution < -0.4 is 0 Å². The number of carboxylic acids is 1. The van der Waals surface area contributed by atoms with Crippen molar-refractivity contribution in [2.75, 3.05) is 6.61 Å². The lowest BCUT2D eigenvalue weighted by molar-refractivity contribution is -0.142. The largest absolute Gasteiger partial charge is 0.479 e. The van der Waals surface area contributed by atoms with Crippen LogP contribution in [0.25, 0.3) is 10.9 Å². The highest BCUT2D eigenvalue weighted by Crippen LogP contribution is 2.13. The molecule has 2 rings (SSSR count). The molecule has 0 aliphatic rings. The molecule has 0 amide bonds. The Morgan fingerprint density at radius 3 is 3.06 bits per heavy atom. The molecule has 0 saturated heterocycles. The Morgan fingerprint density at radius 2 is 2.28 bits per heavy atom. The second kappa shape index (κ2) is 5.27. The molecule has 0 saturated carbocycles. The SMILES string of the molecule is Cc1ccc2cc(/C=N/OCC(=O)O)ccc2n1. The number of rotatable bonds is 4. The zero-order valence-corrected chi connectivity index (χ0v) is 9.83. The minimum absolute atomic E-state index is 0.440. The smallest absolute Gasteiger partial charge is 0.344 e. The summed E-state index contributed by atoms with van der Waals surface area (Å²) in [6, 6.07) is 9.57. The lowest BCUT2D eigenvalue weighted by Gasteiger charge is -2.00. The Bertz CT molecular complexity index is 608. The summed E-state index contributed by atoms with van der Waals surface area (Å²) in [5.74, 6) is -1.05. The molecular weight excluding hydrogens is 232 g/mol. The van der Waals surface area contributed by atoms with Gasteiger partial charge in [-0.1, -0.05) is 17.3 Å². The summed E-state index contributed by atoms with van der Waals surface area (Å²) in [4.78, 5) is 19.2. The lowest BCUT2D eigenvalue weighted by atomic mass is 10.1. The Morgan fingerprint density at radius 1 is 1.44 bits per heavy atom. The number of nitrogens with zero attached hydrogens (tertiary/aromatic N) is 2. The highest BCUT2D eigenvalue weighted by atomic mass is 16.6. The fourth-order valence-electron chi connectivity index (χ4n) is 1.52. The first kappa shape index (κ1) is 12.0. The number of aryl methyl sites for hydroxylation is 1. The van der Waals surface area contributed by atoms with Crippen molar-refractivity contribution in [1.29, 1.82) is 0 Å². The first-order valence-corrected chi connectivity index (χ1v) is 5.40. The molecule has 0 bridgehead atoms. The molecule has 0 aliphatic carbocycles. The molecule has 0 spiro atoms. The van der Waals surface area contributed by atoms with E-state index in [1.807, 2.05) is 37.3 Å². The van der Waals surface area contributed by atoms with Gasteiger partial charge in [0.05, 0.1) is 11.7 Å². The third-order valence-corrected chi connectivity index (χ3v) is 2.32. The molecule has 0 aliphatic heterocycles. The number of oxime groups is 1. The van der Waals surface area contributed by atoms with E-state index >= 15 is 0 Å². The van der Waals surface area contributed by atoms with Crippen LogP contribution in [0.15, 0.2) is 35.5 Å². The molecule has 1 aromatic heterocycles. The van der Waals surface area contributed by atoms with Gasteiger partial charge in [0.25, 0.3) is 0 Å². The van der Waals surface area contributed by atoms with Gasteiger partial charge in [-0.25, -0.2) is 4.79 Å². The number of hydrogen-bond donors (Lipinski definition) is 1. The van der Waals surface area contributed by atoms with Gasteiger partial charge in [0.2, 0.25) is 6.61 Å². The van der Waals surface area contributed by atoms with Crippen molar-refractivity contribution in [3.8, 4) is 0 Å². The summed E-state index contributed by atoms with van der Waals surface area (Å²) < 4.78 is 0. The number of aliphatic carboxylic acids is 1. The molecule has 5 nitrogen and oxygen atoms in total. The third kappa shape index (κ3) is 3.04. The van der Waals surface area contributed by atoms with Crippen molar-refractivity contribution in [3.63, 3.8) is 0 Å². The number of fused-ring (bicyclic) bond motifs is 1. The van der Waals surface area contributed by atoms with E-state index in [-0.39, 0.29) is 0 Å². The zero-order chi connectivity index (χ0) is 13.0. The molecule has 2 aromatic rings. The fraction of sp³-hybridized carbons (Fsp3) is 0.154. The van der Waals surface area contributed by atoms with Gasteiger partial charge < -0.3 is 9.94 Å².